The van der Waals surface area contributed by atoms with E-state index in [0.717, 1.165) is 22.3 Å². The van der Waals surface area contributed by atoms with Gasteiger partial charge in [0.2, 0.25) is 0 Å². The summed E-state index contributed by atoms with van der Waals surface area (Å²) >= 11 is 1.86. The SMILES string of the molecule is CC1(C)c2ccccc2-c2ccccc21.C[Si](C)(C)c1ccccc1.Fc1cc(-c2ccccc2)cc(-c2ccccc2)c1.c1ccc(-c2ccccc2)cc1.c1ccc(-c2ccccc2)cc1.c1ccc(-n2c3ccccc3c3ccccc32)cc1.c1ccc2c(c1)sc1ccccc12. The minimum Gasteiger partial charge on any atom is -0.309 e. The molecule has 2 aromatic heterocycles. The Morgan fingerprint density at radius 3 is 0.880 bits per heavy atom. The number of aromatic nitrogens is 1. The normalized spacial score (nSPS) is 11.4. The Morgan fingerprint density at radius 2 is 0.540 bits per heavy atom. The number of thiophene rings is 1. The first kappa shape index (κ1) is 68.4. The lowest BCUT2D eigenvalue weighted by Crippen LogP contribution is -2.37. The lowest BCUT2D eigenvalue weighted by atomic mass is 9.82. The highest BCUT2D eigenvalue weighted by Crippen LogP contribution is 2.48. The lowest BCUT2D eigenvalue weighted by Gasteiger charge is -2.20. The molecular weight excluding hydrogens is 1250 g/mol. The standard InChI is InChI=1S/C18H13F.C18H13N.C15H14.C12H8S.2C12H10.C9H14Si/c19-18-12-16(14-7-3-1-4-8-14)11-17(13-18)15-9-5-2-6-10-15;1-2-8-14(9-3-1)19-17-12-6-4-10-15(17)16-11-5-7-13-18(16)19;1-15(2)13-9-5-3-7-11(13)12-8-4-6-10-14(12)15;1-3-7-11-9(5-1)10-6-2-4-8-12(10)13-11;2*1-3-7-11(8-4-1)12-9-5-2-6-10-12;1-10(2,3)9-7-5-4-6-8-9/h2*1-13H;3-10H,1-2H3;1-8H;2*1-10H;4-8H,1-3H3. The highest BCUT2D eigenvalue weighted by atomic mass is 32.1. The Labute approximate surface area is 595 Å². The maximum Gasteiger partial charge on any atom is 0.124 e. The van der Waals surface area contributed by atoms with Crippen molar-refractivity contribution in [2.75, 3.05) is 0 Å². The average molecular weight is 1330 g/mol. The number of para-hydroxylation sites is 3. The van der Waals surface area contributed by atoms with Crippen LogP contribution in [0.1, 0.15) is 25.0 Å². The Balaban J connectivity index is 0.000000112. The third kappa shape index (κ3) is 17.1. The van der Waals surface area contributed by atoms with Crippen molar-refractivity contribution in [2.24, 2.45) is 0 Å². The molecule has 100 heavy (non-hydrogen) atoms. The summed E-state index contributed by atoms with van der Waals surface area (Å²) in [6.45, 7) is 11.7. The van der Waals surface area contributed by atoms with E-state index in [-0.39, 0.29) is 11.2 Å². The van der Waals surface area contributed by atoms with E-state index < -0.39 is 8.07 Å². The molecule has 1 nitrogen and oxygen atoms in total. The van der Waals surface area contributed by atoms with Crippen molar-refractivity contribution in [1.29, 1.82) is 0 Å². The first-order chi connectivity index (χ1) is 49.0. The van der Waals surface area contributed by atoms with Gasteiger partial charge in [-0.1, -0.05) is 391 Å². The molecule has 0 unspecified atom stereocenters. The van der Waals surface area contributed by atoms with Gasteiger partial charge in [0.15, 0.2) is 0 Å². The fourth-order valence-corrected chi connectivity index (χ4v) is 15.1. The molecule has 15 aromatic carbocycles. The predicted octanol–water partition coefficient (Wildman–Crippen LogP) is 26.9. The third-order valence-electron chi connectivity index (χ3n) is 17.9. The Bertz CT molecular complexity index is 4980. The number of halogens is 1. The summed E-state index contributed by atoms with van der Waals surface area (Å²) in [4.78, 5) is 0. The molecule has 1 aliphatic rings. The minimum atomic E-state index is -1.03. The van der Waals surface area contributed by atoms with E-state index in [1.54, 1.807) is 12.1 Å². The molecule has 4 heteroatoms. The first-order valence-corrected chi connectivity index (χ1v) is 38.6. The second kappa shape index (κ2) is 33.1. The van der Waals surface area contributed by atoms with Crippen LogP contribution in [0.4, 0.5) is 4.39 Å². The van der Waals surface area contributed by atoms with Gasteiger partial charge in [-0.25, -0.2) is 4.39 Å². The average Bonchev–Trinajstić information content (AvgIpc) is 1.60. The quantitative estimate of drug-likeness (QED) is 0.146. The summed E-state index contributed by atoms with van der Waals surface area (Å²) < 4.78 is 18.9. The van der Waals surface area contributed by atoms with Crippen LogP contribution < -0.4 is 5.19 Å². The molecule has 1 aliphatic carbocycles. The van der Waals surface area contributed by atoms with Crippen LogP contribution in [0.2, 0.25) is 19.6 Å². The molecule has 0 spiro atoms. The molecule has 2 heterocycles. The van der Waals surface area contributed by atoms with Gasteiger partial charge in [-0.3, -0.25) is 0 Å². The summed E-state index contributed by atoms with van der Waals surface area (Å²) in [5.74, 6) is -0.208. The van der Waals surface area contributed by atoms with Gasteiger partial charge >= 0.3 is 0 Å². The minimum absolute atomic E-state index is 0.160. The van der Waals surface area contributed by atoms with Crippen molar-refractivity contribution in [3.05, 3.63) is 423 Å². The zero-order valence-corrected chi connectivity index (χ0v) is 59.2. The van der Waals surface area contributed by atoms with Gasteiger partial charge in [0.05, 0.1) is 19.1 Å². The van der Waals surface area contributed by atoms with E-state index in [2.05, 4.69) is 341 Å². The molecule has 0 saturated heterocycles. The summed E-state index contributed by atoms with van der Waals surface area (Å²) in [5, 5.41) is 6.91. The first-order valence-electron chi connectivity index (χ1n) is 34.2. The molecule has 0 saturated carbocycles. The fourth-order valence-electron chi connectivity index (χ4n) is 12.8. The van der Waals surface area contributed by atoms with E-state index in [1.807, 2.05) is 102 Å². The van der Waals surface area contributed by atoms with Crippen LogP contribution >= 0.6 is 11.3 Å². The number of benzene rings is 15. The highest BCUT2D eigenvalue weighted by Gasteiger charge is 2.34. The molecule has 488 valence electrons. The van der Waals surface area contributed by atoms with Gasteiger partial charge in [0, 0.05) is 42.0 Å². The maximum absolute atomic E-state index is 13.8. The largest absolute Gasteiger partial charge is 0.309 e. The van der Waals surface area contributed by atoms with Crippen LogP contribution in [0.25, 0.3) is 103 Å². The van der Waals surface area contributed by atoms with E-state index in [9.17, 15) is 4.39 Å². The molecule has 0 aliphatic heterocycles. The Morgan fingerprint density at radius 1 is 0.270 bits per heavy atom. The van der Waals surface area contributed by atoms with Gasteiger partial charge in [-0.2, -0.15) is 0 Å². The molecule has 18 rings (SSSR count). The zero-order valence-electron chi connectivity index (χ0n) is 57.4. The monoisotopic (exact) mass is 1330 g/mol. The molecule has 0 amide bonds. The van der Waals surface area contributed by atoms with Crippen LogP contribution in [-0.2, 0) is 5.41 Å². The summed E-state index contributed by atoms with van der Waals surface area (Å²) in [6.07, 6.45) is 0. The summed E-state index contributed by atoms with van der Waals surface area (Å²) in [5.41, 5.74) is 18.6. The zero-order chi connectivity index (χ0) is 68.9. The Hall–Kier alpha value is -11.5. The molecule has 0 bridgehead atoms. The van der Waals surface area contributed by atoms with Crippen LogP contribution in [-0.4, -0.2) is 12.6 Å². The number of nitrogens with zero attached hydrogens (tertiary/aromatic N) is 1. The second-order valence-corrected chi connectivity index (χ2v) is 32.2. The smallest absolute Gasteiger partial charge is 0.124 e. The fraction of sp³-hybridized carbons (Fsp3) is 0.0625. The van der Waals surface area contributed by atoms with E-state index in [0.29, 0.717) is 0 Å². The number of rotatable bonds is 6. The van der Waals surface area contributed by atoms with Crippen molar-refractivity contribution in [2.45, 2.75) is 38.9 Å². The van der Waals surface area contributed by atoms with Crippen LogP contribution in [0, 0.1) is 5.82 Å². The molecule has 0 fully saturated rings. The molecule has 0 atom stereocenters. The summed E-state index contributed by atoms with van der Waals surface area (Å²) in [7, 11) is -1.03. The van der Waals surface area contributed by atoms with Crippen molar-refractivity contribution < 1.29 is 4.39 Å². The van der Waals surface area contributed by atoms with Gasteiger partial charge in [0.1, 0.15) is 5.82 Å². The van der Waals surface area contributed by atoms with Crippen LogP contribution in [0.3, 0.4) is 0 Å². The van der Waals surface area contributed by atoms with Crippen molar-refractivity contribution in [1.82, 2.24) is 4.57 Å². The van der Waals surface area contributed by atoms with Gasteiger partial charge in [-0.15, -0.1) is 11.3 Å². The van der Waals surface area contributed by atoms with Crippen LogP contribution in [0.5, 0.6) is 0 Å². The van der Waals surface area contributed by atoms with E-state index in [1.165, 1.54) is 97.4 Å². The topological polar surface area (TPSA) is 4.93 Å². The third-order valence-corrected chi connectivity index (χ3v) is 21.1. The van der Waals surface area contributed by atoms with Crippen molar-refractivity contribution in [3.8, 4) is 61.3 Å². The second-order valence-electron chi connectivity index (χ2n) is 26.1. The van der Waals surface area contributed by atoms with Gasteiger partial charge < -0.3 is 4.57 Å². The Kier molecular flexibility index (Phi) is 22.7. The van der Waals surface area contributed by atoms with Crippen LogP contribution in [0.15, 0.2) is 406 Å². The van der Waals surface area contributed by atoms with Gasteiger partial charge in [0.25, 0.3) is 0 Å². The van der Waals surface area contributed by atoms with E-state index in [4.69, 9.17) is 0 Å². The lowest BCUT2D eigenvalue weighted by molar-refractivity contribution is 0.629. The van der Waals surface area contributed by atoms with E-state index >= 15 is 0 Å². The number of hydrogen-bond donors (Lipinski definition) is 0. The van der Waals surface area contributed by atoms with Gasteiger partial charge in [-0.05, 0) is 121 Å². The molecule has 0 N–H and O–H groups in total. The predicted molar refractivity (Wildman–Crippen MR) is 435 cm³/mol. The summed E-state index contributed by atoms with van der Waals surface area (Å²) in [6, 6.07) is 139. The highest BCUT2D eigenvalue weighted by molar-refractivity contribution is 7.25. The number of fused-ring (bicyclic) bond motifs is 9. The molecular formula is C96H82FNSSi. The van der Waals surface area contributed by atoms with Crippen molar-refractivity contribution >= 4 is 66.6 Å². The number of hydrogen-bond acceptors (Lipinski definition) is 1. The molecule has 17 aromatic rings. The molecule has 0 radical (unpaired) electrons. The maximum atomic E-state index is 13.8. The van der Waals surface area contributed by atoms with Crippen molar-refractivity contribution in [3.63, 3.8) is 0 Å².